The lowest BCUT2D eigenvalue weighted by Crippen LogP contribution is -2.43. The molecule has 0 bridgehead atoms. The highest BCUT2D eigenvalue weighted by Gasteiger charge is 2.33. The van der Waals surface area contributed by atoms with Gasteiger partial charge in [-0.15, -0.1) is 0 Å². The molecule has 0 spiro atoms. The van der Waals surface area contributed by atoms with Gasteiger partial charge in [-0.25, -0.2) is 4.98 Å². The van der Waals surface area contributed by atoms with Crippen molar-refractivity contribution in [2.24, 2.45) is 0 Å². The Morgan fingerprint density at radius 1 is 1.24 bits per heavy atom. The number of hydrogen-bond donors (Lipinski definition) is 1. The molecule has 1 N–H and O–H groups in total. The molecule has 0 aromatic carbocycles. The highest BCUT2D eigenvalue weighted by Crippen LogP contribution is 2.24. The van der Waals surface area contributed by atoms with Gasteiger partial charge in [0.1, 0.15) is 12.2 Å². The molecule has 1 atom stereocenters. The second kappa shape index (κ2) is 11.1. The monoisotopic (exact) mass is 352 g/mol. The largest absolute Gasteiger partial charge is 0.475 e. The topological polar surface area (TPSA) is 69.7 Å². The van der Waals surface area contributed by atoms with Crippen LogP contribution in [0.3, 0.4) is 0 Å². The minimum atomic E-state index is -0.826. The van der Waals surface area contributed by atoms with Crippen LogP contribution in [0.1, 0.15) is 52.0 Å². The first-order valence-corrected chi connectivity index (χ1v) is 9.00. The quantitative estimate of drug-likeness (QED) is 0.581. The summed E-state index contributed by atoms with van der Waals surface area (Å²) in [5, 5.41) is 2.93. The van der Waals surface area contributed by atoms with E-state index < -0.39 is 5.60 Å². The van der Waals surface area contributed by atoms with Crippen molar-refractivity contribution in [3.05, 3.63) is 17.8 Å². The van der Waals surface area contributed by atoms with Gasteiger partial charge in [-0.2, -0.15) is 0 Å². The molecule has 1 amide bonds. The second-order valence-corrected chi connectivity index (χ2v) is 6.32. The predicted molar refractivity (Wildman–Crippen MR) is 99.1 cm³/mol. The van der Waals surface area contributed by atoms with Gasteiger partial charge in [-0.05, 0) is 32.8 Å². The summed E-state index contributed by atoms with van der Waals surface area (Å²) in [6.45, 7) is 9.41. The molecule has 0 aliphatic rings. The number of aromatic nitrogens is 1. The Bertz CT molecular complexity index is 526. The summed E-state index contributed by atoms with van der Waals surface area (Å²) in [6, 6.07) is 1.85. The van der Waals surface area contributed by atoms with Crippen LogP contribution in [0.2, 0.25) is 0 Å². The van der Waals surface area contributed by atoms with Gasteiger partial charge in [0.05, 0.1) is 18.5 Å². The lowest BCUT2D eigenvalue weighted by Gasteiger charge is -2.28. The lowest BCUT2D eigenvalue weighted by atomic mass is 9.97. The molecular formula is C19H32N2O4. The zero-order valence-electron chi connectivity index (χ0n) is 16.2. The van der Waals surface area contributed by atoms with Crippen molar-refractivity contribution in [3.63, 3.8) is 0 Å². The minimum absolute atomic E-state index is 0.136. The number of aryl methyl sites for hydroxylation is 1. The van der Waals surface area contributed by atoms with Gasteiger partial charge in [0, 0.05) is 19.3 Å². The number of carbonyl (C=O) groups is 1. The third-order valence-electron chi connectivity index (χ3n) is 3.93. The first kappa shape index (κ1) is 21.4. The van der Waals surface area contributed by atoms with Crippen LogP contribution in [-0.4, -0.2) is 43.4 Å². The van der Waals surface area contributed by atoms with Crippen molar-refractivity contribution in [1.82, 2.24) is 4.98 Å². The molecule has 6 nitrogen and oxygen atoms in total. The third-order valence-corrected chi connectivity index (χ3v) is 3.93. The number of pyridine rings is 1. The number of methoxy groups -OCH3 is 1. The molecule has 6 heteroatoms. The SMILES string of the molecule is CCCCC(C)(OCCC)C(=O)Nc1cnc(OCCOC)c(C)c1. The van der Waals surface area contributed by atoms with Gasteiger partial charge in [0.15, 0.2) is 0 Å². The molecule has 0 fully saturated rings. The van der Waals surface area contributed by atoms with Gasteiger partial charge in [-0.3, -0.25) is 4.79 Å². The summed E-state index contributed by atoms with van der Waals surface area (Å²) in [5.74, 6) is 0.412. The van der Waals surface area contributed by atoms with Crippen LogP contribution < -0.4 is 10.1 Å². The average Bonchev–Trinajstić information content (AvgIpc) is 2.60. The molecule has 0 radical (unpaired) electrons. The van der Waals surface area contributed by atoms with Crippen molar-refractivity contribution < 1.29 is 19.0 Å². The lowest BCUT2D eigenvalue weighted by molar-refractivity contribution is -0.140. The summed E-state index contributed by atoms with van der Waals surface area (Å²) < 4.78 is 16.4. The fraction of sp³-hybridized carbons (Fsp3) is 0.684. The van der Waals surface area contributed by atoms with E-state index in [2.05, 4.69) is 17.2 Å². The molecule has 0 aliphatic carbocycles. The summed E-state index contributed by atoms with van der Waals surface area (Å²) in [7, 11) is 1.62. The highest BCUT2D eigenvalue weighted by atomic mass is 16.5. The van der Waals surface area contributed by atoms with E-state index in [4.69, 9.17) is 14.2 Å². The van der Waals surface area contributed by atoms with Crippen LogP contribution in [-0.2, 0) is 14.3 Å². The summed E-state index contributed by atoms with van der Waals surface area (Å²) in [5.41, 5.74) is 0.677. The average molecular weight is 352 g/mol. The number of anilines is 1. The van der Waals surface area contributed by atoms with E-state index in [0.717, 1.165) is 24.8 Å². The Morgan fingerprint density at radius 2 is 2.00 bits per heavy atom. The van der Waals surface area contributed by atoms with Crippen LogP contribution in [0.4, 0.5) is 5.69 Å². The van der Waals surface area contributed by atoms with Crippen LogP contribution in [0, 0.1) is 6.92 Å². The molecule has 1 heterocycles. The van der Waals surface area contributed by atoms with E-state index in [1.807, 2.05) is 26.8 Å². The zero-order chi connectivity index (χ0) is 18.7. The number of rotatable bonds is 12. The Balaban J connectivity index is 2.76. The number of hydrogen-bond acceptors (Lipinski definition) is 5. The van der Waals surface area contributed by atoms with Crippen LogP contribution in [0.25, 0.3) is 0 Å². The standard InChI is InChI=1S/C19H32N2O4/c1-6-8-9-19(4,25-10-7-2)18(22)21-16-13-15(3)17(20-14-16)24-12-11-23-5/h13-14H,6-12H2,1-5H3,(H,21,22). The van der Waals surface area contributed by atoms with Gasteiger partial charge in [0.25, 0.3) is 5.91 Å². The van der Waals surface area contributed by atoms with Gasteiger partial charge in [-0.1, -0.05) is 26.7 Å². The fourth-order valence-electron chi connectivity index (χ4n) is 2.36. The maximum absolute atomic E-state index is 12.7. The molecule has 142 valence electrons. The van der Waals surface area contributed by atoms with Crippen molar-refractivity contribution in [2.75, 3.05) is 32.2 Å². The third kappa shape index (κ3) is 7.00. The summed E-state index contributed by atoms with van der Waals surface area (Å²) in [6.07, 6.45) is 5.14. The first-order valence-electron chi connectivity index (χ1n) is 9.00. The number of unbranched alkanes of at least 4 members (excludes halogenated alkanes) is 1. The van der Waals surface area contributed by atoms with E-state index in [1.54, 1.807) is 13.3 Å². The first-order chi connectivity index (χ1) is 12.0. The van der Waals surface area contributed by atoms with Crippen molar-refractivity contribution >= 4 is 11.6 Å². The van der Waals surface area contributed by atoms with E-state index in [-0.39, 0.29) is 5.91 Å². The Labute approximate surface area is 151 Å². The molecule has 0 aliphatic heterocycles. The number of carbonyl (C=O) groups excluding carboxylic acids is 1. The van der Waals surface area contributed by atoms with Crippen LogP contribution in [0.5, 0.6) is 5.88 Å². The molecule has 0 saturated heterocycles. The van der Waals surface area contributed by atoms with Crippen LogP contribution >= 0.6 is 0 Å². The highest BCUT2D eigenvalue weighted by molar-refractivity contribution is 5.97. The molecule has 1 aromatic heterocycles. The van der Waals surface area contributed by atoms with Gasteiger partial charge >= 0.3 is 0 Å². The van der Waals surface area contributed by atoms with E-state index in [0.29, 0.717) is 37.8 Å². The molecule has 25 heavy (non-hydrogen) atoms. The normalized spacial score (nSPS) is 13.3. The molecule has 1 aromatic rings. The summed E-state index contributed by atoms with van der Waals surface area (Å²) in [4.78, 5) is 17.0. The van der Waals surface area contributed by atoms with Crippen LogP contribution in [0.15, 0.2) is 12.3 Å². The number of amides is 1. The Morgan fingerprint density at radius 3 is 2.60 bits per heavy atom. The van der Waals surface area contributed by atoms with E-state index in [9.17, 15) is 4.79 Å². The van der Waals surface area contributed by atoms with Gasteiger partial charge < -0.3 is 19.5 Å². The molecular weight excluding hydrogens is 320 g/mol. The molecule has 1 rings (SSSR count). The molecule has 0 saturated carbocycles. The zero-order valence-corrected chi connectivity index (χ0v) is 16.2. The van der Waals surface area contributed by atoms with E-state index >= 15 is 0 Å². The fourth-order valence-corrected chi connectivity index (χ4v) is 2.36. The van der Waals surface area contributed by atoms with Gasteiger partial charge in [0.2, 0.25) is 5.88 Å². The maximum Gasteiger partial charge on any atom is 0.256 e. The Kier molecular flexibility index (Phi) is 9.45. The van der Waals surface area contributed by atoms with Crippen molar-refractivity contribution in [2.45, 2.75) is 59.0 Å². The smallest absolute Gasteiger partial charge is 0.256 e. The second-order valence-electron chi connectivity index (χ2n) is 6.32. The van der Waals surface area contributed by atoms with E-state index in [1.165, 1.54) is 0 Å². The van der Waals surface area contributed by atoms with Crippen molar-refractivity contribution in [1.29, 1.82) is 0 Å². The summed E-state index contributed by atoms with van der Waals surface area (Å²) >= 11 is 0. The minimum Gasteiger partial charge on any atom is -0.475 e. The van der Waals surface area contributed by atoms with Crippen molar-refractivity contribution in [3.8, 4) is 5.88 Å². The maximum atomic E-state index is 12.7. The number of nitrogens with zero attached hydrogens (tertiary/aromatic N) is 1. The number of ether oxygens (including phenoxy) is 3. The molecule has 1 unspecified atom stereocenters. The predicted octanol–water partition coefficient (Wildman–Crippen LogP) is 3.73. The number of nitrogens with one attached hydrogen (secondary N) is 1. The Hall–Kier alpha value is -1.66.